The van der Waals surface area contributed by atoms with Crippen LogP contribution in [0.15, 0.2) is 24.3 Å². The number of nitrogens with one attached hydrogen (secondary N) is 2. The number of rotatable bonds is 7. The Labute approximate surface area is 137 Å². The highest BCUT2D eigenvalue weighted by Gasteiger charge is 2.16. The SMILES string of the molecule is C[NH+]1CCN(Cc2ccc(NC(=O)CCCC(=O)[O-])cc2)CC1. The van der Waals surface area contributed by atoms with Crippen LogP contribution in [0.2, 0.25) is 0 Å². The van der Waals surface area contributed by atoms with Gasteiger partial charge in [0, 0.05) is 37.7 Å². The van der Waals surface area contributed by atoms with Gasteiger partial charge < -0.3 is 20.1 Å². The van der Waals surface area contributed by atoms with Crippen LogP contribution in [0.3, 0.4) is 0 Å². The van der Waals surface area contributed by atoms with Crippen molar-refractivity contribution in [2.75, 3.05) is 38.5 Å². The van der Waals surface area contributed by atoms with Crippen LogP contribution >= 0.6 is 0 Å². The second-order valence-corrected chi connectivity index (χ2v) is 6.20. The summed E-state index contributed by atoms with van der Waals surface area (Å²) in [5, 5.41) is 13.1. The maximum absolute atomic E-state index is 11.7. The van der Waals surface area contributed by atoms with E-state index in [1.165, 1.54) is 18.7 Å². The molecule has 1 aliphatic heterocycles. The van der Waals surface area contributed by atoms with Gasteiger partial charge in [0.15, 0.2) is 0 Å². The number of amides is 1. The van der Waals surface area contributed by atoms with Crippen molar-refractivity contribution in [3.8, 4) is 0 Å². The molecule has 0 bridgehead atoms. The van der Waals surface area contributed by atoms with Crippen molar-refractivity contribution in [2.45, 2.75) is 25.8 Å². The average molecular weight is 319 g/mol. The Morgan fingerprint density at radius 3 is 2.43 bits per heavy atom. The molecule has 0 unspecified atom stereocenters. The Balaban J connectivity index is 1.75. The number of hydrogen-bond acceptors (Lipinski definition) is 4. The number of benzene rings is 1. The number of carbonyl (C=O) groups is 2. The predicted octanol–water partition coefficient (Wildman–Crippen LogP) is -1.12. The number of nitrogens with zero attached hydrogens (tertiary/aromatic N) is 1. The molecule has 0 atom stereocenters. The fourth-order valence-corrected chi connectivity index (χ4v) is 2.66. The zero-order valence-corrected chi connectivity index (χ0v) is 13.6. The van der Waals surface area contributed by atoms with E-state index in [4.69, 9.17) is 0 Å². The molecule has 1 aromatic carbocycles. The van der Waals surface area contributed by atoms with E-state index in [2.05, 4.69) is 17.3 Å². The van der Waals surface area contributed by atoms with Crippen LogP contribution in [0, 0.1) is 0 Å². The van der Waals surface area contributed by atoms with Gasteiger partial charge in [-0.25, -0.2) is 0 Å². The molecule has 0 radical (unpaired) electrons. The first-order valence-corrected chi connectivity index (χ1v) is 8.15. The van der Waals surface area contributed by atoms with Gasteiger partial charge >= 0.3 is 0 Å². The van der Waals surface area contributed by atoms with Gasteiger partial charge in [0.2, 0.25) is 5.91 Å². The van der Waals surface area contributed by atoms with Crippen LogP contribution < -0.4 is 15.3 Å². The maximum atomic E-state index is 11.7. The summed E-state index contributed by atoms with van der Waals surface area (Å²) in [4.78, 5) is 26.0. The van der Waals surface area contributed by atoms with Gasteiger partial charge in [-0.2, -0.15) is 0 Å². The third-order valence-electron chi connectivity index (χ3n) is 4.14. The quantitative estimate of drug-likeness (QED) is 0.667. The van der Waals surface area contributed by atoms with Gasteiger partial charge in [-0.05, 0) is 30.5 Å². The van der Waals surface area contributed by atoms with E-state index in [0.717, 1.165) is 25.3 Å². The van der Waals surface area contributed by atoms with Crippen molar-refractivity contribution in [2.24, 2.45) is 0 Å². The first kappa shape index (κ1) is 17.4. The number of carboxylic acid groups (broad SMARTS) is 1. The molecule has 2 N–H and O–H groups in total. The number of likely N-dealkylation sites (N-methyl/N-ethyl adjacent to an activating group) is 1. The Hall–Kier alpha value is -1.92. The lowest BCUT2D eigenvalue weighted by molar-refractivity contribution is -0.884. The van der Waals surface area contributed by atoms with Crippen LogP contribution in [0.25, 0.3) is 0 Å². The highest BCUT2D eigenvalue weighted by atomic mass is 16.4. The fraction of sp³-hybridized carbons (Fsp3) is 0.529. The molecular weight excluding hydrogens is 294 g/mol. The Kier molecular flexibility index (Phi) is 6.55. The zero-order valence-electron chi connectivity index (χ0n) is 13.6. The van der Waals surface area contributed by atoms with E-state index in [1.807, 2.05) is 24.3 Å². The smallest absolute Gasteiger partial charge is 0.224 e. The summed E-state index contributed by atoms with van der Waals surface area (Å²) >= 11 is 0. The number of aliphatic carboxylic acids is 1. The summed E-state index contributed by atoms with van der Waals surface area (Å²) in [5.41, 5.74) is 1.98. The Morgan fingerprint density at radius 1 is 1.17 bits per heavy atom. The molecule has 1 heterocycles. The molecule has 1 amide bonds. The minimum absolute atomic E-state index is 0.0842. The third kappa shape index (κ3) is 6.38. The van der Waals surface area contributed by atoms with Crippen LogP contribution in [-0.4, -0.2) is 50.0 Å². The van der Waals surface area contributed by atoms with Gasteiger partial charge in [-0.3, -0.25) is 9.69 Å². The lowest BCUT2D eigenvalue weighted by atomic mass is 10.1. The lowest BCUT2D eigenvalue weighted by Gasteiger charge is -2.30. The van der Waals surface area contributed by atoms with Crippen molar-refractivity contribution in [1.29, 1.82) is 0 Å². The lowest BCUT2D eigenvalue weighted by Crippen LogP contribution is -3.11. The van der Waals surface area contributed by atoms with Crippen molar-refractivity contribution < 1.29 is 19.6 Å². The number of piperazine rings is 1. The second-order valence-electron chi connectivity index (χ2n) is 6.20. The summed E-state index contributed by atoms with van der Waals surface area (Å²) in [6.07, 6.45) is 0.413. The Bertz CT molecular complexity index is 522. The number of anilines is 1. The van der Waals surface area contributed by atoms with E-state index in [1.54, 1.807) is 4.90 Å². The summed E-state index contributed by atoms with van der Waals surface area (Å²) in [5.74, 6) is -1.28. The van der Waals surface area contributed by atoms with Gasteiger partial charge in [-0.15, -0.1) is 0 Å². The van der Waals surface area contributed by atoms with Crippen LogP contribution in [-0.2, 0) is 16.1 Å². The standard InChI is InChI=1S/C17H25N3O3/c1-19-9-11-20(12-10-19)13-14-5-7-15(8-6-14)18-16(21)3-2-4-17(22)23/h5-8H,2-4,9-13H2,1H3,(H,18,21)(H,22,23). The van der Waals surface area contributed by atoms with Crippen molar-refractivity contribution >= 4 is 17.6 Å². The van der Waals surface area contributed by atoms with Crippen LogP contribution in [0.5, 0.6) is 0 Å². The van der Waals surface area contributed by atoms with E-state index < -0.39 is 5.97 Å². The molecule has 1 aliphatic rings. The average Bonchev–Trinajstić information content (AvgIpc) is 2.51. The molecule has 0 aliphatic carbocycles. The van der Waals surface area contributed by atoms with Crippen LogP contribution in [0.1, 0.15) is 24.8 Å². The summed E-state index contributed by atoms with van der Waals surface area (Å²) in [6, 6.07) is 7.85. The number of hydrogen-bond donors (Lipinski definition) is 2. The van der Waals surface area contributed by atoms with Crippen molar-refractivity contribution in [3.63, 3.8) is 0 Å². The summed E-state index contributed by atoms with van der Waals surface area (Å²) < 4.78 is 0. The van der Waals surface area contributed by atoms with Gasteiger partial charge in [0.1, 0.15) is 0 Å². The van der Waals surface area contributed by atoms with E-state index in [0.29, 0.717) is 6.42 Å². The minimum Gasteiger partial charge on any atom is -0.550 e. The number of carboxylic acids is 1. The molecule has 2 rings (SSSR count). The molecule has 0 spiro atoms. The van der Waals surface area contributed by atoms with Gasteiger partial charge in [0.05, 0.1) is 20.1 Å². The van der Waals surface area contributed by atoms with Crippen molar-refractivity contribution in [3.05, 3.63) is 29.8 Å². The summed E-state index contributed by atoms with van der Waals surface area (Å²) in [7, 11) is 2.22. The maximum Gasteiger partial charge on any atom is 0.224 e. The normalized spacial score (nSPS) is 16.2. The molecule has 23 heavy (non-hydrogen) atoms. The van der Waals surface area contributed by atoms with E-state index in [9.17, 15) is 14.7 Å². The topological polar surface area (TPSA) is 76.9 Å². The summed E-state index contributed by atoms with van der Waals surface area (Å²) in [6.45, 7) is 5.53. The second kappa shape index (κ2) is 8.64. The number of quaternary nitrogens is 1. The fourth-order valence-electron chi connectivity index (χ4n) is 2.66. The third-order valence-corrected chi connectivity index (χ3v) is 4.14. The van der Waals surface area contributed by atoms with Crippen LogP contribution in [0.4, 0.5) is 5.69 Å². The molecule has 1 fully saturated rings. The Morgan fingerprint density at radius 2 is 1.83 bits per heavy atom. The minimum atomic E-state index is -1.12. The molecule has 0 saturated carbocycles. The molecule has 0 aromatic heterocycles. The van der Waals surface area contributed by atoms with Gasteiger partial charge in [0.25, 0.3) is 0 Å². The first-order valence-electron chi connectivity index (χ1n) is 8.15. The highest BCUT2D eigenvalue weighted by molar-refractivity contribution is 5.90. The predicted molar refractivity (Wildman–Crippen MR) is 85.8 cm³/mol. The van der Waals surface area contributed by atoms with Gasteiger partial charge in [-0.1, -0.05) is 12.1 Å². The molecule has 6 heteroatoms. The monoisotopic (exact) mass is 319 g/mol. The molecule has 126 valence electrons. The van der Waals surface area contributed by atoms with E-state index in [-0.39, 0.29) is 18.7 Å². The molecule has 1 aromatic rings. The molecule has 1 saturated heterocycles. The molecular formula is C17H25N3O3. The zero-order chi connectivity index (χ0) is 16.7. The highest BCUT2D eigenvalue weighted by Crippen LogP contribution is 2.12. The molecule has 6 nitrogen and oxygen atoms in total. The first-order chi connectivity index (χ1) is 11.0. The largest absolute Gasteiger partial charge is 0.550 e. The van der Waals surface area contributed by atoms with Crippen molar-refractivity contribution in [1.82, 2.24) is 4.90 Å². The number of carbonyl (C=O) groups excluding carboxylic acids is 2. The van der Waals surface area contributed by atoms with E-state index >= 15 is 0 Å².